The molecule has 11 heteroatoms. The summed E-state index contributed by atoms with van der Waals surface area (Å²) in [5.41, 5.74) is 11.3. The first kappa shape index (κ1) is 36.4. The average Bonchev–Trinajstić information content (AvgIpc) is 3.05. The Kier molecular flexibility index (Phi) is 12.0. The number of carbonyl (C=O) groups excluding carboxylic acids is 4. The molecule has 0 fully saturated rings. The van der Waals surface area contributed by atoms with Crippen LogP contribution >= 0.6 is 0 Å². The predicted molar refractivity (Wildman–Crippen MR) is 190 cm³/mol. The summed E-state index contributed by atoms with van der Waals surface area (Å²) >= 11 is 0. The van der Waals surface area contributed by atoms with Crippen molar-refractivity contribution in [3.8, 4) is 0 Å². The second-order valence-corrected chi connectivity index (χ2v) is 13.4. The molecule has 0 aliphatic heterocycles. The van der Waals surface area contributed by atoms with Crippen LogP contribution in [0.5, 0.6) is 0 Å². The summed E-state index contributed by atoms with van der Waals surface area (Å²) in [5, 5.41) is 22.4. The van der Waals surface area contributed by atoms with Crippen LogP contribution in [0.15, 0.2) is 103 Å². The number of aliphatic hydroxyl groups is 1. The quantitative estimate of drug-likeness (QED) is 0.119. The van der Waals surface area contributed by atoms with E-state index < -0.39 is 53.4 Å². The van der Waals surface area contributed by atoms with Crippen molar-refractivity contribution < 1.29 is 24.3 Å². The lowest BCUT2D eigenvalue weighted by molar-refractivity contribution is -0.134. The van der Waals surface area contributed by atoms with E-state index in [0.29, 0.717) is 5.56 Å². The van der Waals surface area contributed by atoms with Gasteiger partial charge in [-0.05, 0) is 60.7 Å². The highest BCUT2D eigenvalue weighted by atomic mass is 16.3. The van der Waals surface area contributed by atoms with Crippen molar-refractivity contribution in [3.05, 3.63) is 120 Å². The zero-order valence-electron chi connectivity index (χ0n) is 28.2. The Morgan fingerprint density at radius 1 is 0.755 bits per heavy atom. The molecule has 258 valence electrons. The number of hydrogen-bond donors (Lipinski definition) is 6. The van der Waals surface area contributed by atoms with Gasteiger partial charge in [0.15, 0.2) is 0 Å². The van der Waals surface area contributed by atoms with Gasteiger partial charge in [0.2, 0.25) is 11.8 Å². The van der Waals surface area contributed by atoms with Crippen LogP contribution in [-0.2, 0) is 29.1 Å². The fourth-order valence-electron chi connectivity index (χ4n) is 5.94. The molecular formula is C38H46N6O5. The minimum absolute atomic E-state index is 0.0158. The van der Waals surface area contributed by atoms with Gasteiger partial charge in [-0.1, -0.05) is 97.1 Å². The van der Waals surface area contributed by atoms with E-state index in [1.807, 2.05) is 99.6 Å². The Hall–Kier alpha value is -5.42. The number of amides is 6. The van der Waals surface area contributed by atoms with E-state index in [9.17, 15) is 24.3 Å². The summed E-state index contributed by atoms with van der Waals surface area (Å²) in [4.78, 5) is 54.7. The van der Waals surface area contributed by atoms with Crippen LogP contribution in [0.3, 0.4) is 0 Å². The van der Waals surface area contributed by atoms with Crippen molar-refractivity contribution in [3.63, 3.8) is 0 Å². The molecule has 3 unspecified atom stereocenters. The SMILES string of the molecule is CC(C)(C)NC(=O)N(Cc1ccc2ccccc2c1)CC(O)C(Cc1ccccc1)C(CC(N)=O)(NC(=O)NCc1ccccc1)C(N)=O. The molecule has 0 heterocycles. The fourth-order valence-corrected chi connectivity index (χ4v) is 5.94. The van der Waals surface area contributed by atoms with Crippen LogP contribution in [0.4, 0.5) is 9.59 Å². The largest absolute Gasteiger partial charge is 0.391 e. The summed E-state index contributed by atoms with van der Waals surface area (Å²) < 4.78 is 0. The third kappa shape index (κ3) is 10.3. The van der Waals surface area contributed by atoms with Crippen LogP contribution < -0.4 is 27.4 Å². The number of aliphatic hydroxyl groups excluding tert-OH is 1. The van der Waals surface area contributed by atoms with Crippen molar-refractivity contribution in [1.29, 1.82) is 0 Å². The number of hydrogen-bond acceptors (Lipinski definition) is 5. The van der Waals surface area contributed by atoms with Crippen molar-refractivity contribution >= 4 is 34.6 Å². The van der Waals surface area contributed by atoms with Gasteiger partial charge in [0.25, 0.3) is 0 Å². The molecule has 4 rings (SSSR count). The maximum Gasteiger partial charge on any atom is 0.318 e. The van der Waals surface area contributed by atoms with Gasteiger partial charge in [-0.3, -0.25) is 9.59 Å². The van der Waals surface area contributed by atoms with Crippen molar-refractivity contribution in [2.24, 2.45) is 17.4 Å². The van der Waals surface area contributed by atoms with Crippen molar-refractivity contribution in [1.82, 2.24) is 20.9 Å². The molecular weight excluding hydrogens is 620 g/mol. The number of rotatable bonds is 14. The molecule has 11 nitrogen and oxygen atoms in total. The van der Waals surface area contributed by atoms with E-state index in [0.717, 1.165) is 21.9 Å². The molecule has 4 aromatic rings. The Morgan fingerprint density at radius 3 is 1.94 bits per heavy atom. The lowest BCUT2D eigenvalue weighted by Gasteiger charge is -2.42. The Bertz CT molecular complexity index is 1740. The number of carbonyl (C=O) groups is 4. The van der Waals surface area contributed by atoms with Gasteiger partial charge < -0.3 is 37.4 Å². The molecule has 0 bridgehead atoms. The third-order valence-electron chi connectivity index (χ3n) is 8.29. The van der Waals surface area contributed by atoms with Crippen LogP contribution in [0.2, 0.25) is 0 Å². The van der Waals surface area contributed by atoms with Gasteiger partial charge in [-0.2, -0.15) is 0 Å². The minimum Gasteiger partial charge on any atom is -0.391 e. The second-order valence-electron chi connectivity index (χ2n) is 13.4. The maximum atomic E-state index is 13.8. The van der Waals surface area contributed by atoms with Gasteiger partial charge in [-0.25, -0.2) is 9.59 Å². The third-order valence-corrected chi connectivity index (χ3v) is 8.29. The van der Waals surface area contributed by atoms with Gasteiger partial charge in [0.05, 0.1) is 12.5 Å². The number of benzene rings is 4. The zero-order chi connectivity index (χ0) is 35.6. The van der Waals surface area contributed by atoms with E-state index in [4.69, 9.17) is 11.5 Å². The molecule has 0 radical (unpaired) electrons. The molecule has 0 spiro atoms. The topological polar surface area (TPSA) is 180 Å². The first-order valence-corrected chi connectivity index (χ1v) is 16.2. The molecule has 0 saturated heterocycles. The van der Waals surface area contributed by atoms with E-state index >= 15 is 0 Å². The minimum atomic E-state index is -2.13. The van der Waals surface area contributed by atoms with Gasteiger partial charge in [0, 0.05) is 31.1 Å². The second kappa shape index (κ2) is 16.1. The van der Waals surface area contributed by atoms with E-state index in [1.165, 1.54) is 4.90 Å². The smallest absolute Gasteiger partial charge is 0.318 e. The molecule has 4 aromatic carbocycles. The average molecular weight is 667 g/mol. The highest BCUT2D eigenvalue weighted by Gasteiger charge is 2.50. The highest BCUT2D eigenvalue weighted by molar-refractivity contribution is 5.95. The molecule has 0 aromatic heterocycles. The first-order chi connectivity index (χ1) is 23.3. The van der Waals surface area contributed by atoms with E-state index in [-0.39, 0.29) is 26.1 Å². The van der Waals surface area contributed by atoms with Gasteiger partial charge >= 0.3 is 12.1 Å². The number of nitrogens with one attached hydrogen (secondary N) is 3. The number of nitrogens with zero attached hydrogens (tertiary/aromatic N) is 1. The molecule has 49 heavy (non-hydrogen) atoms. The summed E-state index contributed by atoms with van der Waals surface area (Å²) in [6.07, 6.45) is -2.14. The van der Waals surface area contributed by atoms with Crippen LogP contribution in [0, 0.1) is 5.92 Å². The molecule has 0 saturated carbocycles. The first-order valence-electron chi connectivity index (χ1n) is 16.2. The molecule has 0 aliphatic rings. The van der Waals surface area contributed by atoms with Crippen molar-refractivity contribution in [2.75, 3.05) is 6.54 Å². The summed E-state index contributed by atoms with van der Waals surface area (Å²) in [5.74, 6) is -3.16. The van der Waals surface area contributed by atoms with Gasteiger partial charge in [-0.15, -0.1) is 0 Å². The number of primary amides is 2. The highest BCUT2D eigenvalue weighted by Crippen LogP contribution is 2.30. The summed E-state index contributed by atoms with van der Waals surface area (Å²) in [6, 6.07) is 30.6. The lowest BCUT2D eigenvalue weighted by Crippen LogP contribution is -2.68. The lowest BCUT2D eigenvalue weighted by atomic mass is 9.73. The molecule has 6 amide bonds. The fraction of sp³-hybridized carbons (Fsp3) is 0.316. The van der Waals surface area contributed by atoms with E-state index in [1.54, 1.807) is 24.3 Å². The van der Waals surface area contributed by atoms with Crippen LogP contribution in [0.1, 0.15) is 43.9 Å². The molecule has 0 aliphatic carbocycles. The molecule has 8 N–H and O–H groups in total. The van der Waals surface area contributed by atoms with Crippen LogP contribution in [-0.4, -0.2) is 57.6 Å². The number of fused-ring (bicyclic) bond motifs is 1. The zero-order valence-corrected chi connectivity index (χ0v) is 28.2. The Balaban J connectivity index is 1.72. The predicted octanol–water partition coefficient (Wildman–Crippen LogP) is 3.97. The van der Waals surface area contributed by atoms with Gasteiger partial charge in [0.1, 0.15) is 5.54 Å². The number of urea groups is 2. The van der Waals surface area contributed by atoms with Crippen molar-refractivity contribution in [2.45, 2.75) is 63.9 Å². The standard InChI is InChI=1S/C38H46N6O5/c1-37(2,3)43-36(49)44(24-28-18-19-29-16-10-11-17-30(29)20-28)25-32(45)31(21-26-12-6-4-7-13-26)38(34(40)47,22-33(39)46)42-35(48)41-23-27-14-8-5-9-15-27/h4-20,31-32,45H,21-25H2,1-3H3,(H2,39,46)(H2,40,47)(H,43,49)(H2,41,42,48). The Morgan fingerprint density at radius 2 is 1.35 bits per heavy atom. The Labute approximate surface area is 287 Å². The number of nitrogens with two attached hydrogens (primary N) is 2. The summed E-state index contributed by atoms with van der Waals surface area (Å²) in [6.45, 7) is 5.50. The van der Waals surface area contributed by atoms with E-state index in [2.05, 4.69) is 16.0 Å². The van der Waals surface area contributed by atoms with Crippen LogP contribution in [0.25, 0.3) is 10.8 Å². The monoisotopic (exact) mass is 666 g/mol. The normalized spacial score (nSPS) is 13.8. The molecule has 3 atom stereocenters. The summed E-state index contributed by atoms with van der Waals surface area (Å²) in [7, 11) is 0. The maximum absolute atomic E-state index is 13.8.